The Kier molecular flexibility index (Phi) is 3.56. The van der Waals surface area contributed by atoms with Crippen molar-refractivity contribution in [1.29, 1.82) is 0 Å². The predicted molar refractivity (Wildman–Crippen MR) is 69.6 cm³/mol. The largest absolute Gasteiger partial charge is 0.374 e. The van der Waals surface area contributed by atoms with Crippen LogP contribution < -0.4 is 11.1 Å². The number of anilines is 2. The van der Waals surface area contributed by atoms with Crippen molar-refractivity contribution in [3.05, 3.63) is 17.5 Å². The summed E-state index contributed by atoms with van der Waals surface area (Å²) in [6.07, 6.45) is 0.791. The second-order valence-electron chi connectivity index (χ2n) is 3.59. The van der Waals surface area contributed by atoms with Crippen LogP contribution in [0, 0.1) is 0 Å². The van der Waals surface area contributed by atoms with Gasteiger partial charge in [0, 0.05) is 6.54 Å². The summed E-state index contributed by atoms with van der Waals surface area (Å²) in [6, 6.07) is 1.78. The van der Waals surface area contributed by atoms with Crippen molar-refractivity contribution in [2.75, 3.05) is 11.1 Å². The minimum Gasteiger partial charge on any atom is -0.374 e. The number of carbonyl (C=O) groups is 1. The third-order valence-corrected chi connectivity index (χ3v) is 3.05. The zero-order valence-corrected chi connectivity index (χ0v) is 11.0. The van der Waals surface area contributed by atoms with Crippen LogP contribution in [0.2, 0.25) is 0 Å². The monoisotopic (exact) mass is 266 g/mol. The van der Waals surface area contributed by atoms with Crippen molar-refractivity contribution in [3.63, 3.8) is 0 Å². The number of hydrogen-bond donors (Lipinski definition) is 2. The van der Waals surface area contributed by atoms with Gasteiger partial charge in [0.1, 0.15) is 5.69 Å². The lowest BCUT2D eigenvalue weighted by molar-refractivity contribution is 0.101. The highest BCUT2D eigenvalue weighted by atomic mass is 32.1. The SMILES string of the molecule is CCc1cc(C(=O)Nc2nnc(N)s2)n(CC)n1. The van der Waals surface area contributed by atoms with E-state index in [0.29, 0.717) is 22.5 Å². The number of rotatable bonds is 4. The highest BCUT2D eigenvalue weighted by molar-refractivity contribution is 7.19. The molecule has 0 saturated carbocycles. The Balaban J connectivity index is 2.20. The van der Waals surface area contributed by atoms with Gasteiger partial charge in [0.2, 0.25) is 10.3 Å². The molecule has 0 radical (unpaired) electrons. The van der Waals surface area contributed by atoms with E-state index < -0.39 is 0 Å². The molecule has 18 heavy (non-hydrogen) atoms. The Morgan fingerprint density at radius 3 is 2.83 bits per heavy atom. The Morgan fingerprint density at radius 1 is 1.50 bits per heavy atom. The Bertz CT molecular complexity index is 560. The summed E-state index contributed by atoms with van der Waals surface area (Å²) < 4.78 is 1.67. The third kappa shape index (κ3) is 2.48. The maximum Gasteiger partial charge on any atom is 0.275 e. The number of nitrogens with two attached hydrogens (primary N) is 1. The number of carbonyl (C=O) groups excluding carboxylic acids is 1. The van der Waals surface area contributed by atoms with Gasteiger partial charge >= 0.3 is 0 Å². The van der Waals surface area contributed by atoms with E-state index in [1.54, 1.807) is 10.7 Å². The van der Waals surface area contributed by atoms with Crippen LogP contribution in [0.15, 0.2) is 6.07 Å². The molecule has 0 fully saturated rings. The van der Waals surface area contributed by atoms with Crippen LogP contribution in [0.5, 0.6) is 0 Å². The van der Waals surface area contributed by atoms with Gasteiger partial charge in [0.05, 0.1) is 5.69 Å². The molecule has 2 rings (SSSR count). The van der Waals surface area contributed by atoms with E-state index in [9.17, 15) is 4.79 Å². The number of nitrogens with one attached hydrogen (secondary N) is 1. The third-order valence-electron chi connectivity index (χ3n) is 2.39. The predicted octanol–water partition coefficient (Wildman–Crippen LogP) is 1.15. The molecule has 2 aromatic rings. The zero-order valence-electron chi connectivity index (χ0n) is 10.2. The van der Waals surface area contributed by atoms with Crippen LogP contribution in [-0.2, 0) is 13.0 Å². The number of nitrogen functional groups attached to an aromatic ring is 1. The van der Waals surface area contributed by atoms with Crippen molar-refractivity contribution >= 4 is 27.5 Å². The first-order valence-electron chi connectivity index (χ1n) is 5.61. The molecule has 0 atom stereocenters. The van der Waals surface area contributed by atoms with Gasteiger partial charge < -0.3 is 5.73 Å². The van der Waals surface area contributed by atoms with Gasteiger partial charge in [-0.05, 0) is 19.4 Å². The van der Waals surface area contributed by atoms with E-state index in [-0.39, 0.29) is 5.91 Å². The highest BCUT2D eigenvalue weighted by Gasteiger charge is 2.15. The molecule has 0 spiro atoms. The van der Waals surface area contributed by atoms with Gasteiger partial charge in [-0.25, -0.2) is 0 Å². The van der Waals surface area contributed by atoms with Crippen LogP contribution in [0.1, 0.15) is 30.0 Å². The zero-order chi connectivity index (χ0) is 13.1. The molecule has 8 heteroatoms. The molecule has 0 aliphatic rings. The summed E-state index contributed by atoms with van der Waals surface area (Å²) in [5.74, 6) is -0.250. The normalized spacial score (nSPS) is 10.6. The average molecular weight is 266 g/mol. The van der Waals surface area contributed by atoms with Crippen LogP contribution in [0.3, 0.4) is 0 Å². The molecule has 0 bridgehead atoms. The summed E-state index contributed by atoms with van der Waals surface area (Å²) in [4.78, 5) is 12.1. The highest BCUT2D eigenvalue weighted by Crippen LogP contribution is 2.17. The van der Waals surface area contributed by atoms with Crippen LogP contribution in [0.25, 0.3) is 0 Å². The summed E-state index contributed by atoms with van der Waals surface area (Å²) in [5.41, 5.74) is 6.86. The fourth-order valence-corrected chi connectivity index (χ4v) is 2.02. The van der Waals surface area contributed by atoms with Crippen molar-refractivity contribution in [2.45, 2.75) is 26.8 Å². The van der Waals surface area contributed by atoms with Crippen LogP contribution in [0.4, 0.5) is 10.3 Å². The fraction of sp³-hybridized carbons (Fsp3) is 0.400. The molecule has 0 unspecified atom stereocenters. The van der Waals surface area contributed by atoms with Crippen molar-refractivity contribution in [3.8, 4) is 0 Å². The Morgan fingerprint density at radius 2 is 2.28 bits per heavy atom. The first kappa shape index (κ1) is 12.5. The molecular weight excluding hydrogens is 252 g/mol. The minimum atomic E-state index is -0.250. The van der Waals surface area contributed by atoms with Crippen LogP contribution >= 0.6 is 11.3 Å². The Labute approximate surface area is 108 Å². The van der Waals surface area contributed by atoms with E-state index in [4.69, 9.17) is 5.73 Å². The van der Waals surface area contributed by atoms with Crippen molar-refractivity contribution in [1.82, 2.24) is 20.0 Å². The minimum absolute atomic E-state index is 0.250. The number of aromatic nitrogens is 4. The number of nitrogens with zero attached hydrogens (tertiary/aromatic N) is 4. The van der Waals surface area contributed by atoms with E-state index in [2.05, 4.69) is 20.6 Å². The van der Waals surface area contributed by atoms with E-state index in [0.717, 1.165) is 23.5 Å². The van der Waals surface area contributed by atoms with Gasteiger partial charge in [-0.1, -0.05) is 18.3 Å². The average Bonchev–Trinajstić information content (AvgIpc) is 2.95. The number of aryl methyl sites for hydroxylation is 2. The number of hydrogen-bond acceptors (Lipinski definition) is 6. The van der Waals surface area contributed by atoms with Crippen molar-refractivity contribution in [2.24, 2.45) is 0 Å². The topological polar surface area (TPSA) is 98.7 Å². The van der Waals surface area contributed by atoms with Gasteiger partial charge in [-0.15, -0.1) is 10.2 Å². The first-order chi connectivity index (χ1) is 8.63. The first-order valence-corrected chi connectivity index (χ1v) is 6.42. The quantitative estimate of drug-likeness (QED) is 0.865. The van der Waals surface area contributed by atoms with Crippen molar-refractivity contribution < 1.29 is 4.79 Å². The van der Waals surface area contributed by atoms with E-state index in [1.165, 1.54) is 0 Å². The Hall–Kier alpha value is -1.96. The van der Waals surface area contributed by atoms with Gasteiger partial charge in [-0.3, -0.25) is 14.8 Å². The molecule has 2 heterocycles. The lowest BCUT2D eigenvalue weighted by Crippen LogP contribution is -2.17. The molecule has 0 saturated heterocycles. The summed E-state index contributed by atoms with van der Waals surface area (Å²) in [5, 5.41) is 15.1. The summed E-state index contributed by atoms with van der Waals surface area (Å²) in [7, 11) is 0. The van der Waals surface area contributed by atoms with Gasteiger partial charge in [0.15, 0.2) is 0 Å². The smallest absolute Gasteiger partial charge is 0.275 e. The molecule has 2 aromatic heterocycles. The standard InChI is InChI=1S/C10H14N6OS/c1-3-6-5-7(16(4-2)15-6)8(17)12-10-14-13-9(11)18-10/h5H,3-4H2,1-2H3,(H2,11,13)(H,12,14,17). The lowest BCUT2D eigenvalue weighted by atomic mass is 10.3. The molecule has 7 nitrogen and oxygen atoms in total. The second-order valence-corrected chi connectivity index (χ2v) is 4.60. The maximum atomic E-state index is 12.1. The molecule has 96 valence electrons. The van der Waals surface area contributed by atoms with E-state index >= 15 is 0 Å². The van der Waals surface area contributed by atoms with Crippen LogP contribution in [-0.4, -0.2) is 25.9 Å². The summed E-state index contributed by atoms with van der Waals surface area (Å²) >= 11 is 1.13. The molecule has 1 amide bonds. The molecular formula is C10H14N6OS. The molecule has 0 aliphatic heterocycles. The molecule has 3 N–H and O–H groups in total. The number of amides is 1. The molecule has 0 aliphatic carbocycles. The van der Waals surface area contributed by atoms with Gasteiger partial charge in [-0.2, -0.15) is 5.10 Å². The lowest BCUT2D eigenvalue weighted by Gasteiger charge is -2.03. The van der Waals surface area contributed by atoms with Gasteiger partial charge in [0.25, 0.3) is 5.91 Å². The molecule has 0 aromatic carbocycles. The fourth-order valence-electron chi connectivity index (χ4n) is 1.51. The summed E-state index contributed by atoms with van der Waals surface area (Å²) in [6.45, 7) is 4.57. The maximum absolute atomic E-state index is 12.1. The van der Waals surface area contributed by atoms with E-state index in [1.807, 2.05) is 13.8 Å². The second kappa shape index (κ2) is 5.13.